The van der Waals surface area contributed by atoms with Crippen LogP contribution in [0.3, 0.4) is 0 Å². The highest BCUT2D eigenvalue weighted by Gasteiger charge is 2.04. The van der Waals surface area contributed by atoms with E-state index >= 15 is 0 Å². The Morgan fingerprint density at radius 3 is 2.27 bits per heavy atom. The summed E-state index contributed by atoms with van der Waals surface area (Å²) in [6.45, 7) is 7.94. The third-order valence-corrected chi connectivity index (χ3v) is 1.50. The first-order valence-corrected chi connectivity index (χ1v) is 3.39. The van der Waals surface area contributed by atoms with Crippen molar-refractivity contribution in [3.63, 3.8) is 0 Å². The third kappa shape index (κ3) is 1.82. The molecule has 0 aliphatic heterocycles. The van der Waals surface area contributed by atoms with Gasteiger partial charge < -0.3 is 5.02 Å². The van der Waals surface area contributed by atoms with Crippen molar-refractivity contribution < 1.29 is 5.02 Å². The number of nitrogens with zero attached hydrogens (tertiary/aromatic N) is 1. The van der Waals surface area contributed by atoms with E-state index in [1.54, 1.807) is 31.1 Å². The van der Waals surface area contributed by atoms with Crippen LogP contribution in [-0.2, 0) is 0 Å². The highest BCUT2D eigenvalue weighted by atomic mass is 16.2. The van der Waals surface area contributed by atoms with Gasteiger partial charge in [-0.3, -0.25) is 0 Å². The van der Waals surface area contributed by atoms with Crippen LogP contribution in [0.15, 0.2) is 24.3 Å². The van der Waals surface area contributed by atoms with Crippen LogP contribution in [0.5, 0.6) is 0 Å². The minimum absolute atomic E-state index is 0.449. The summed E-state index contributed by atoms with van der Waals surface area (Å²) in [5, 5.41) is 9.11. The molecule has 0 aliphatic carbocycles. The first-order chi connectivity index (χ1) is 5.24. The second-order valence-electron chi connectivity index (χ2n) is 2.38. The van der Waals surface area contributed by atoms with Crippen molar-refractivity contribution in [2.24, 2.45) is 0 Å². The van der Waals surface area contributed by atoms with Gasteiger partial charge in [0.05, 0.1) is 6.57 Å². The number of rotatable bonds is 1. The molecule has 1 rings (SSSR count). The van der Waals surface area contributed by atoms with E-state index in [-0.39, 0.29) is 0 Å². The zero-order chi connectivity index (χ0) is 8.27. The van der Waals surface area contributed by atoms with E-state index in [4.69, 9.17) is 11.6 Å². The molecule has 2 nitrogen and oxygen atoms in total. The summed E-state index contributed by atoms with van der Waals surface area (Å²) in [6.07, 6.45) is 0. The van der Waals surface area contributed by atoms with E-state index in [9.17, 15) is 0 Å². The van der Waals surface area contributed by atoms with Crippen LogP contribution in [0.1, 0.15) is 0 Å². The summed E-state index contributed by atoms with van der Waals surface area (Å²) >= 11 is 0. The summed E-state index contributed by atoms with van der Waals surface area (Å²) in [7, 11) is 0. The zero-order valence-electron chi connectivity index (χ0n) is 6.28. The maximum atomic E-state index is 9.11. The molecule has 54 valence electrons. The fraction of sp³-hybridized carbons (Fsp3) is 0.125. The molecular formula is C8H8BNO. The molecule has 0 spiro atoms. The Hall–Kier alpha value is -1.27. The van der Waals surface area contributed by atoms with Crippen LogP contribution in [0.2, 0.25) is 6.82 Å². The zero-order valence-corrected chi connectivity index (χ0v) is 6.28. The van der Waals surface area contributed by atoms with Crippen molar-refractivity contribution in [3.05, 3.63) is 35.7 Å². The summed E-state index contributed by atoms with van der Waals surface area (Å²) < 4.78 is 0. The van der Waals surface area contributed by atoms with Crippen molar-refractivity contribution in [1.82, 2.24) is 0 Å². The van der Waals surface area contributed by atoms with Gasteiger partial charge >= 0.3 is 6.92 Å². The molecule has 0 atom stereocenters. The monoisotopic (exact) mass is 145 g/mol. The van der Waals surface area contributed by atoms with Crippen LogP contribution in [0.4, 0.5) is 5.69 Å². The maximum Gasteiger partial charge on any atom is 0.320 e. The molecule has 0 bridgehead atoms. The molecule has 0 aliphatic rings. The second-order valence-corrected chi connectivity index (χ2v) is 2.38. The third-order valence-electron chi connectivity index (χ3n) is 1.50. The quantitative estimate of drug-likeness (QED) is 0.463. The van der Waals surface area contributed by atoms with Gasteiger partial charge in [0.15, 0.2) is 5.69 Å². The lowest BCUT2D eigenvalue weighted by molar-refractivity contribution is 0.594. The molecule has 0 amide bonds. The molecule has 0 saturated heterocycles. The Morgan fingerprint density at radius 1 is 1.36 bits per heavy atom. The van der Waals surface area contributed by atoms with Gasteiger partial charge in [0.25, 0.3) is 0 Å². The fourth-order valence-corrected chi connectivity index (χ4v) is 0.827. The van der Waals surface area contributed by atoms with Gasteiger partial charge in [0.1, 0.15) is 0 Å². The predicted molar refractivity (Wildman–Crippen MR) is 46.2 cm³/mol. The van der Waals surface area contributed by atoms with Crippen LogP contribution in [-0.4, -0.2) is 11.9 Å². The summed E-state index contributed by atoms with van der Waals surface area (Å²) in [5.74, 6) is 0. The molecule has 1 aromatic rings. The molecule has 0 aromatic heterocycles. The standard InChI is InChI=1S/C8H8BNO/c1-9(11)7-3-5-8(10-2)6-4-7/h3-6,11H,1H3. The highest BCUT2D eigenvalue weighted by molar-refractivity contribution is 6.64. The van der Waals surface area contributed by atoms with E-state index in [0.29, 0.717) is 5.69 Å². The SMILES string of the molecule is [C-]#[N+]c1ccc(B(C)O)cc1. The van der Waals surface area contributed by atoms with Gasteiger partial charge in [-0.2, -0.15) is 0 Å². The van der Waals surface area contributed by atoms with Gasteiger partial charge in [0, 0.05) is 0 Å². The lowest BCUT2D eigenvalue weighted by Gasteiger charge is -1.98. The van der Waals surface area contributed by atoms with Crippen LogP contribution in [0, 0.1) is 6.57 Å². The first kappa shape index (κ1) is 7.84. The molecule has 0 radical (unpaired) electrons. The minimum atomic E-state index is -0.449. The topological polar surface area (TPSA) is 24.6 Å². The van der Waals surface area contributed by atoms with Crippen LogP contribution >= 0.6 is 0 Å². The van der Waals surface area contributed by atoms with E-state index in [2.05, 4.69) is 4.85 Å². The molecule has 0 unspecified atom stereocenters. The predicted octanol–water partition coefficient (Wildman–Crippen LogP) is 1.06. The lowest BCUT2D eigenvalue weighted by atomic mass is 9.64. The Balaban J connectivity index is 2.94. The van der Waals surface area contributed by atoms with Crippen molar-refractivity contribution in [2.75, 3.05) is 0 Å². The maximum absolute atomic E-state index is 9.11. The highest BCUT2D eigenvalue weighted by Crippen LogP contribution is 2.07. The summed E-state index contributed by atoms with van der Waals surface area (Å²) in [4.78, 5) is 3.24. The van der Waals surface area contributed by atoms with E-state index < -0.39 is 6.92 Å². The molecule has 3 heteroatoms. The summed E-state index contributed by atoms with van der Waals surface area (Å²) in [6, 6.07) is 6.93. The van der Waals surface area contributed by atoms with Gasteiger partial charge in [-0.25, -0.2) is 4.85 Å². The fourth-order valence-electron chi connectivity index (χ4n) is 0.827. The van der Waals surface area contributed by atoms with Crippen LogP contribution in [0.25, 0.3) is 4.85 Å². The van der Waals surface area contributed by atoms with Crippen molar-refractivity contribution >= 4 is 18.1 Å². The molecule has 1 N–H and O–H groups in total. The van der Waals surface area contributed by atoms with Gasteiger partial charge in [-0.1, -0.05) is 36.6 Å². The van der Waals surface area contributed by atoms with Crippen molar-refractivity contribution in [1.29, 1.82) is 0 Å². The largest absolute Gasteiger partial charge is 0.447 e. The average Bonchev–Trinajstić information content (AvgIpc) is 2.05. The second kappa shape index (κ2) is 3.22. The van der Waals surface area contributed by atoms with E-state index in [0.717, 1.165) is 5.46 Å². The van der Waals surface area contributed by atoms with Gasteiger partial charge in [-0.05, 0) is 0 Å². The number of hydrogen-bond acceptors (Lipinski definition) is 1. The number of benzene rings is 1. The van der Waals surface area contributed by atoms with E-state index in [1.807, 2.05) is 0 Å². The smallest absolute Gasteiger partial charge is 0.320 e. The Labute approximate surface area is 66.4 Å². The molecule has 11 heavy (non-hydrogen) atoms. The van der Waals surface area contributed by atoms with Crippen LogP contribution < -0.4 is 5.46 Å². The normalized spacial score (nSPS) is 8.82. The molecule has 0 fully saturated rings. The molecule has 0 heterocycles. The summed E-state index contributed by atoms with van der Waals surface area (Å²) in [5.41, 5.74) is 1.45. The average molecular weight is 145 g/mol. The van der Waals surface area contributed by atoms with Gasteiger partial charge in [0.2, 0.25) is 0 Å². The Kier molecular flexibility index (Phi) is 2.30. The molecule has 1 aromatic carbocycles. The minimum Gasteiger partial charge on any atom is -0.447 e. The first-order valence-electron chi connectivity index (χ1n) is 3.39. The van der Waals surface area contributed by atoms with Gasteiger partial charge in [-0.15, -0.1) is 0 Å². The Morgan fingerprint density at radius 2 is 1.91 bits per heavy atom. The van der Waals surface area contributed by atoms with E-state index in [1.165, 1.54) is 0 Å². The lowest BCUT2D eigenvalue weighted by Crippen LogP contribution is -2.25. The van der Waals surface area contributed by atoms with Crippen molar-refractivity contribution in [3.8, 4) is 0 Å². The molecule has 0 saturated carbocycles. The number of hydrogen-bond donors (Lipinski definition) is 1. The Bertz CT molecular complexity index is 273. The van der Waals surface area contributed by atoms with Crippen molar-refractivity contribution in [2.45, 2.75) is 6.82 Å². The molecular weight excluding hydrogens is 137 g/mol.